The summed E-state index contributed by atoms with van der Waals surface area (Å²) < 4.78 is 1.20. The van der Waals surface area contributed by atoms with Crippen LogP contribution in [0, 0.1) is 13.8 Å². The van der Waals surface area contributed by atoms with Crippen molar-refractivity contribution in [3.8, 4) is 0 Å². The zero-order valence-electron chi connectivity index (χ0n) is 9.13. The average Bonchev–Trinajstić information content (AvgIpc) is 2.59. The second-order valence-electron chi connectivity index (χ2n) is 3.83. The fraction of sp³-hybridized carbons (Fsp3) is 0.231. The number of hydrogen-bond acceptors (Lipinski definition) is 1. The monoisotopic (exact) mass is 358 g/mol. The highest BCUT2D eigenvalue weighted by molar-refractivity contribution is 9.10. The second-order valence-corrected chi connectivity index (χ2v) is 6.88. The third-order valence-electron chi connectivity index (χ3n) is 2.50. The number of rotatable bonds is 2. The lowest BCUT2D eigenvalue weighted by Gasteiger charge is -2.07. The van der Waals surface area contributed by atoms with E-state index < -0.39 is 0 Å². The summed E-state index contributed by atoms with van der Waals surface area (Å²) in [5.74, 6) is 0. The minimum absolute atomic E-state index is 0.295. The van der Waals surface area contributed by atoms with E-state index in [1.807, 2.05) is 11.3 Å². The lowest BCUT2D eigenvalue weighted by Crippen LogP contribution is -1.88. The molecule has 84 valence electrons. The first-order chi connectivity index (χ1) is 7.58. The molecular formula is C13H12Br2S. The fourth-order valence-corrected chi connectivity index (χ4v) is 3.79. The van der Waals surface area contributed by atoms with Crippen molar-refractivity contribution >= 4 is 43.2 Å². The quantitative estimate of drug-likeness (QED) is 0.611. The molecule has 3 heteroatoms. The van der Waals surface area contributed by atoms with E-state index in [1.165, 1.54) is 25.4 Å². The molecule has 2 rings (SSSR count). The standard InChI is InChI=1S/C13H12Br2S/c1-8-3-5-10(6-4-8)13(15)12-7-11(14)9(2)16-12/h3-7,13H,1-2H3. The molecule has 0 aliphatic carbocycles. The Kier molecular flexibility index (Phi) is 3.88. The molecule has 0 spiro atoms. The molecule has 0 nitrogen and oxygen atoms in total. The molecular weight excluding hydrogens is 348 g/mol. The van der Waals surface area contributed by atoms with E-state index in [4.69, 9.17) is 0 Å². The number of thiophene rings is 1. The highest BCUT2D eigenvalue weighted by Gasteiger charge is 2.13. The van der Waals surface area contributed by atoms with Gasteiger partial charge in [-0.15, -0.1) is 11.3 Å². The van der Waals surface area contributed by atoms with Crippen molar-refractivity contribution in [3.05, 3.63) is 55.7 Å². The first kappa shape index (κ1) is 12.3. The molecule has 0 saturated carbocycles. The summed E-state index contributed by atoms with van der Waals surface area (Å²) in [6.07, 6.45) is 0. The summed E-state index contributed by atoms with van der Waals surface area (Å²) in [7, 11) is 0. The van der Waals surface area contributed by atoms with Crippen molar-refractivity contribution in [3.63, 3.8) is 0 Å². The number of benzene rings is 1. The van der Waals surface area contributed by atoms with Crippen LogP contribution in [0.1, 0.15) is 25.7 Å². The Morgan fingerprint density at radius 3 is 2.25 bits per heavy atom. The third kappa shape index (κ3) is 2.58. The second kappa shape index (κ2) is 5.03. The van der Waals surface area contributed by atoms with E-state index in [-0.39, 0.29) is 0 Å². The van der Waals surface area contributed by atoms with Gasteiger partial charge in [0.1, 0.15) is 0 Å². The molecule has 0 radical (unpaired) electrons. The van der Waals surface area contributed by atoms with Crippen LogP contribution in [0.25, 0.3) is 0 Å². The number of hydrogen-bond donors (Lipinski definition) is 0. The summed E-state index contributed by atoms with van der Waals surface area (Å²) in [6.45, 7) is 4.24. The first-order valence-electron chi connectivity index (χ1n) is 5.04. The molecule has 0 amide bonds. The number of alkyl halides is 1. The molecule has 0 fully saturated rings. The summed E-state index contributed by atoms with van der Waals surface area (Å²) in [4.78, 5) is 2.96. The Labute approximate surface area is 117 Å². The van der Waals surface area contributed by atoms with Crippen molar-refractivity contribution in [1.82, 2.24) is 0 Å². The van der Waals surface area contributed by atoms with Gasteiger partial charge in [0, 0.05) is 14.2 Å². The lowest BCUT2D eigenvalue weighted by molar-refractivity contribution is 1.21. The van der Waals surface area contributed by atoms with E-state index >= 15 is 0 Å². The molecule has 0 aliphatic heterocycles. The van der Waals surface area contributed by atoms with Crippen molar-refractivity contribution in [2.45, 2.75) is 18.7 Å². The van der Waals surface area contributed by atoms with E-state index in [2.05, 4.69) is 76.0 Å². The SMILES string of the molecule is Cc1ccc(C(Br)c2cc(Br)c(C)s2)cc1. The highest BCUT2D eigenvalue weighted by atomic mass is 79.9. The van der Waals surface area contributed by atoms with Crippen LogP contribution in [0.15, 0.2) is 34.8 Å². The van der Waals surface area contributed by atoms with Gasteiger partial charge in [-0.05, 0) is 41.4 Å². The van der Waals surface area contributed by atoms with Gasteiger partial charge in [0.15, 0.2) is 0 Å². The Bertz CT molecular complexity index is 466. The van der Waals surface area contributed by atoms with Crippen LogP contribution in [0.4, 0.5) is 0 Å². The Morgan fingerprint density at radius 2 is 1.75 bits per heavy atom. The molecule has 0 aliphatic rings. The van der Waals surface area contributed by atoms with Gasteiger partial charge in [0.2, 0.25) is 0 Å². The summed E-state index contributed by atoms with van der Waals surface area (Å²) in [5.41, 5.74) is 2.60. The van der Waals surface area contributed by atoms with Crippen molar-refractivity contribution in [1.29, 1.82) is 0 Å². The average molecular weight is 360 g/mol. The summed E-state index contributed by atoms with van der Waals surface area (Å²) in [6, 6.07) is 10.9. The van der Waals surface area contributed by atoms with Crippen LogP contribution >= 0.6 is 43.2 Å². The van der Waals surface area contributed by atoms with Crippen LogP contribution in [0.5, 0.6) is 0 Å². The molecule has 16 heavy (non-hydrogen) atoms. The predicted molar refractivity (Wildman–Crippen MR) is 78.7 cm³/mol. The smallest absolute Gasteiger partial charge is 0.0738 e. The van der Waals surface area contributed by atoms with Crippen LogP contribution in [0.2, 0.25) is 0 Å². The van der Waals surface area contributed by atoms with Gasteiger partial charge < -0.3 is 0 Å². The predicted octanol–water partition coefficient (Wildman–Crippen LogP) is 5.61. The van der Waals surface area contributed by atoms with E-state index in [1.54, 1.807) is 0 Å². The maximum Gasteiger partial charge on any atom is 0.0738 e. The fourth-order valence-electron chi connectivity index (χ4n) is 1.51. The van der Waals surface area contributed by atoms with Gasteiger partial charge >= 0.3 is 0 Å². The van der Waals surface area contributed by atoms with Gasteiger partial charge in [-0.25, -0.2) is 0 Å². The minimum Gasteiger partial charge on any atom is -0.143 e. The van der Waals surface area contributed by atoms with Gasteiger partial charge in [-0.1, -0.05) is 45.8 Å². The number of aryl methyl sites for hydroxylation is 2. The van der Waals surface area contributed by atoms with E-state index in [9.17, 15) is 0 Å². The zero-order valence-corrected chi connectivity index (χ0v) is 13.1. The maximum atomic E-state index is 3.76. The van der Waals surface area contributed by atoms with Gasteiger partial charge in [-0.2, -0.15) is 0 Å². The Balaban J connectivity index is 2.31. The zero-order chi connectivity index (χ0) is 11.7. The molecule has 2 aromatic rings. The van der Waals surface area contributed by atoms with Gasteiger partial charge in [0.05, 0.1) is 4.83 Å². The van der Waals surface area contributed by atoms with Crippen LogP contribution < -0.4 is 0 Å². The third-order valence-corrected chi connectivity index (χ3v) is 6.02. The Morgan fingerprint density at radius 1 is 1.12 bits per heavy atom. The van der Waals surface area contributed by atoms with Crippen molar-refractivity contribution in [2.75, 3.05) is 0 Å². The van der Waals surface area contributed by atoms with Crippen LogP contribution in [0.3, 0.4) is 0 Å². The topological polar surface area (TPSA) is 0 Å². The normalized spacial score (nSPS) is 12.8. The molecule has 1 unspecified atom stereocenters. The molecule has 1 heterocycles. The first-order valence-corrected chi connectivity index (χ1v) is 7.57. The van der Waals surface area contributed by atoms with Crippen molar-refractivity contribution in [2.24, 2.45) is 0 Å². The van der Waals surface area contributed by atoms with Gasteiger partial charge in [0.25, 0.3) is 0 Å². The van der Waals surface area contributed by atoms with E-state index in [0.29, 0.717) is 4.83 Å². The van der Waals surface area contributed by atoms with Crippen LogP contribution in [-0.4, -0.2) is 0 Å². The minimum atomic E-state index is 0.295. The lowest BCUT2D eigenvalue weighted by atomic mass is 10.1. The molecule has 0 bridgehead atoms. The van der Waals surface area contributed by atoms with Gasteiger partial charge in [-0.3, -0.25) is 0 Å². The summed E-state index contributed by atoms with van der Waals surface area (Å²) in [5, 5.41) is 0. The van der Waals surface area contributed by atoms with Crippen molar-refractivity contribution < 1.29 is 0 Å². The largest absolute Gasteiger partial charge is 0.143 e. The highest BCUT2D eigenvalue weighted by Crippen LogP contribution is 2.38. The van der Waals surface area contributed by atoms with Crippen LogP contribution in [-0.2, 0) is 0 Å². The summed E-state index contributed by atoms with van der Waals surface area (Å²) >= 11 is 9.14. The van der Waals surface area contributed by atoms with E-state index in [0.717, 1.165) is 0 Å². The number of halogens is 2. The Hall–Kier alpha value is -0.120. The molecule has 0 saturated heterocycles. The molecule has 1 atom stereocenters. The molecule has 0 N–H and O–H groups in total. The maximum absolute atomic E-state index is 3.76. The molecule has 1 aromatic heterocycles. The molecule has 1 aromatic carbocycles.